The summed E-state index contributed by atoms with van der Waals surface area (Å²) in [4.78, 5) is 15.1. The number of halogens is 1. The van der Waals surface area contributed by atoms with Crippen LogP contribution in [0.15, 0.2) is 18.3 Å². The summed E-state index contributed by atoms with van der Waals surface area (Å²) >= 11 is 6.00. The molecule has 0 radical (unpaired) electrons. The summed E-state index contributed by atoms with van der Waals surface area (Å²) in [7, 11) is 0. The number of carboxylic acid groups (broad SMARTS) is 1. The van der Waals surface area contributed by atoms with Crippen LogP contribution in [0.3, 0.4) is 0 Å². The fourth-order valence-corrected chi connectivity index (χ4v) is 2.13. The van der Waals surface area contributed by atoms with Gasteiger partial charge in [-0.2, -0.15) is 0 Å². The van der Waals surface area contributed by atoms with E-state index in [9.17, 15) is 9.90 Å². The molecule has 102 valence electrons. The number of aliphatic carboxylic acids is 1. The number of aliphatic hydroxyl groups is 1. The molecule has 3 rings (SSSR count). The lowest BCUT2D eigenvalue weighted by Gasteiger charge is -2.12. The Hall–Kier alpha value is -2.52. The largest absolute Gasteiger partial charge is 0.479 e. The normalized spacial score (nSPS) is 12.7. The number of carbonyl (C=O) groups is 1. The number of H-pyrrole nitrogens is 1. The highest BCUT2D eigenvalue weighted by Crippen LogP contribution is 2.28. The SMILES string of the molecule is O=C(O)C(O)c1c(Cl)ccc2ncc(-c3nnn[nH]3)n12. The number of imidazole rings is 1. The molecular formula is C10H7ClN6O3. The molecule has 0 aliphatic carbocycles. The van der Waals surface area contributed by atoms with Crippen LogP contribution >= 0.6 is 11.6 Å². The molecule has 3 N–H and O–H groups in total. The van der Waals surface area contributed by atoms with Gasteiger partial charge in [-0.05, 0) is 22.6 Å². The van der Waals surface area contributed by atoms with Crippen LogP contribution in [0.5, 0.6) is 0 Å². The van der Waals surface area contributed by atoms with E-state index in [1.807, 2.05) is 0 Å². The topological polar surface area (TPSA) is 129 Å². The molecular weight excluding hydrogens is 288 g/mol. The Labute approximate surface area is 115 Å². The van der Waals surface area contributed by atoms with Gasteiger partial charge in [-0.25, -0.2) is 14.9 Å². The zero-order chi connectivity index (χ0) is 14.3. The highest BCUT2D eigenvalue weighted by Gasteiger charge is 2.25. The van der Waals surface area contributed by atoms with Gasteiger partial charge in [0.1, 0.15) is 11.3 Å². The zero-order valence-electron chi connectivity index (χ0n) is 9.73. The molecule has 0 saturated heterocycles. The molecule has 3 aromatic rings. The maximum atomic E-state index is 11.0. The molecule has 0 aliphatic rings. The van der Waals surface area contributed by atoms with E-state index in [4.69, 9.17) is 16.7 Å². The molecule has 1 atom stereocenters. The summed E-state index contributed by atoms with van der Waals surface area (Å²) in [6.07, 6.45) is -0.346. The third-order valence-corrected chi connectivity index (χ3v) is 3.05. The number of aliphatic hydroxyl groups excluding tert-OH is 1. The average molecular weight is 295 g/mol. The number of hydrogen-bond donors (Lipinski definition) is 3. The first kappa shape index (κ1) is 12.5. The number of rotatable bonds is 3. The summed E-state index contributed by atoms with van der Waals surface area (Å²) in [6.45, 7) is 0. The van der Waals surface area contributed by atoms with Gasteiger partial charge in [0.2, 0.25) is 0 Å². The second-order valence-corrected chi connectivity index (χ2v) is 4.30. The molecule has 0 bridgehead atoms. The van der Waals surface area contributed by atoms with E-state index >= 15 is 0 Å². The fraction of sp³-hybridized carbons (Fsp3) is 0.100. The van der Waals surface area contributed by atoms with Crippen molar-refractivity contribution in [1.82, 2.24) is 30.0 Å². The van der Waals surface area contributed by atoms with Crippen molar-refractivity contribution >= 4 is 23.2 Å². The number of carboxylic acids is 1. The third kappa shape index (κ3) is 1.80. The molecule has 20 heavy (non-hydrogen) atoms. The predicted octanol–water partition coefficient (Wildman–Crippen LogP) is 0.286. The molecule has 0 saturated carbocycles. The van der Waals surface area contributed by atoms with Crippen LogP contribution < -0.4 is 0 Å². The molecule has 3 aromatic heterocycles. The highest BCUT2D eigenvalue weighted by molar-refractivity contribution is 6.31. The molecule has 1 unspecified atom stereocenters. The van der Waals surface area contributed by atoms with Gasteiger partial charge < -0.3 is 10.2 Å². The van der Waals surface area contributed by atoms with Gasteiger partial charge in [0.15, 0.2) is 11.9 Å². The van der Waals surface area contributed by atoms with Crippen molar-refractivity contribution in [2.24, 2.45) is 0 Å². The summed E-state index contributed by atoms with van der Waals surface area (Å²) in [5.41, 5.74) is 0.791. The molecule has 0 aromatic carbocycles. The fourth-order valence-electron chi connectivity index (χ4n) is 1.88. The van der Waals surface area contributed by atoms with E-state index in [1.54, 1.807) is 6.07 Å². The van der Waals surface area contributed by atoms with Crippen LogP contribution in [0.4, 0.5) is 0 Å². The Kier molecular flexibility index (Phi) is 2.84. The lowest BCUT2D eigenvalue weighted by Crippen LogP contribution is -2.15. The number of nitrogens with one attached hydrogen (secondary N) is 1. The van der Waals surface area contributed by atoms with Gasteiger partial charge in [0.25, 0.3) is 0 Å². The molecule has 0 fully saturated rings. The van der Waals surface area contributed by atoms with Gasteiger partial charge in [-0.15, -0.1) is 5.10 Å². The Balaban J connectivity index is 2.35. The summed E-state index contributed by atoms with van der Waals surface area (Å²) in [5.74, 6) is -1.15. The van der Waals surface area contributed by atoms with Gasteiger partial charge in [0, 0.05) is 0 Å². The van der Waals surface area contributed by atoms with Crippen LogP contribution in [0.1, 0.15) is 11.8 Å². The molecule has 0 aliphatic heterocycles. The number of tetrazole rings is 1. The summed E-state index contributed by atoms with van der Waals surface area (Å²) < 4.78 is 1.39. The number of fused-ring (bicyclic) bond motifs is 1. The minimum atomic E-state index is -1.80. The van der Waals surface area contributed by atoms with Crippen LogP contribution in [-0.4, -0.2) is 46.2 Å². The van der Waals surface area contributed by atoms with Crippen LogP contribution in [0.2, 0.25) is 5.02 Å². The Morgan fingerprint density at radius 3 is 2.90 bits per heavy atom. The van der Waals surface area contributed by atoms with E-state index in [-0.39, 0.29) is 16.5 Å². The van der Waals surface area contributed by atoms with Crippen molar-refractivity contribution in [1.29, 1.82) is 0 Å². The second-order valence-electron chi connectivity index (χ2n) is 3.89. The van der Waals surface area contributed by atoms with Crippen molar-refractivity contribution in [3.63, 3.8) is 0 Å². The van der Waals surface area contributed by atoms with Gasteiger partial charge in [-0.3, -0.25) is 4.40 Å². The van der Waals surface area contributed by atoms with E-state index in [0.717, 1.165) is 0 Å². The van der Waals surface area contributed by atoms with E-state index in [1.165, 1.54) is 16.7 Å². The number of aromatic nitrogens is 6. The van der Waals surface area contributed by atoms with E-state index in [0.29, 0.717) is 11.3 Å². The van der Waals surface area contributed by atoms with Gasteiger partial charge >= 0.3 is 5.97 Å². The summed E-state index contributed by atoms with van der Waals surface area (Å²) in [6, 6.07) is 3.06. The Morgan fingerprint density at radius 2 is 2.25 bits per heavy atom. The Morgan fingerprint density at radius 1 is 1.45 bits per heavy atom. The maximum absolute atomic E-state index is 11.0. The molecule has 9 nitrogen and oxygen atoms in total. The highest BCUT2D eigenvalue weighted by atomic mass is 35.5. The first-order chi connectivity index (χ1) is 9.59. The van der Waals surface area contributed by atoms with Crippen molar-refractivity contribution < 1.29 is 15.0 Å². The molecule has 10 heteroatoms. The third-order valence-electron chi connectivity index (χ3n) is 2.73. The van der Waals surface area contributed by atoms with Crippen LogP contribution in [0, 0.1) is 0 Å². The van der Waals surface area contributed by atoms with E-state index in [2.05, 4.69) is 25.6 Å². The quantitative estimate of drug-likeness (QED) is 0.633. The second kappa shape index (κ2) is 4.54. The van der Waals surface area contributed by atoms with Gasteiger partial charge in [0.05, 0.1) is 16.9 Å². The zero-order valence-corrected chi connectivity index (χ0v) is 10.5. The smallest absolute Gasteiger partial charge is 0.338 e. The monoisotopic (exact) mass is 294 g/mol. The lowest BCUT2D eigenvalue weighted by molar-refractivity contribution is -0.147. The molecule has 3 heterocycles. The van der Waals surface area contributed by atoms with Crippen LogP contribution in [0.25, 0.3) is 17.2 Å². The number of hydrogen-bond acceptors (Lipinski definition) is 6. The van der Waals surface area contributed by atoms with Crippen molar-refractivity contribution in [2.75, 3.05) is 0 Å². The first-order valence-corrected chi connectivity index (χ1v) is 5.78. The van der Waals surface area contributed by atoms with Gasteiger partial charge in [-0.1, -0.05) is 11.6 Å². The first-order valence-electron chi connectivity index (χ1n) is 5.40. The van der Waals surface area contributed by atoms with Crippen molar-refractivity contribution in [3.8, 4) is 11.5 Å². The number of pyridine rings is 1. The summed E-state index contributed by atoms with van der Waals surface area (Å²) in [5, 5.41) is 32.1. The van der Waals surface area contributed by atoms with Crippen molar-refractivity contribution in [3.05, 3.63) is 29.0 Å². The van der Waals surface area contributed by atoms with Crippen molar-refractivity contribution in [2.45, 2.75) is 6.10 Å². The average Bonchev–Trinajstić information content (AvgIpc) is 3.05. The standard InChI is InChI=1S/C10H7ClN6O3/c11-4-1-2-6-12-3-5(9-13-15-16-14-9)17(6)7(4)8(18)10(19)20/h1-3,8,18H,(H,19,20)(H,13,14,15,16). The maximum Gasteiger partial charge on any atom is 0.338 e. The minimum absolute atomic E-state index is 0.0134. The van der Waals surface area contributed by atoms with E-state index < -0.39 is 12.1 Å². The Bertz CT molecular complexity index is 784. The molecule has 0 amide bonds. The predicted molar refractivity (Wildman–Crippen MR) is 66.0 cm³/mol. The molecule has 0 spiro atoms. The number of nitrogens with zero attached hydrogens (tertiary/aromatic N) is 5. The number of aromatic amines is 1. The van der Waals surface area contributed by atoms with Crippen LogP contribution in [-0.2, 0) is 4.79 Å². The minimum Gasteiger partial charge on any atom is -0.479 e. The lowest BCUT2D eigenvalue weighted by atomic mass is 10.2.